The average Bonchev–Trinajstić information content (AvgIpc) is 3.61. The van der Waals surface area contributed by atoms with Gasteiger partial charge < -0.3 is 28.8 Å². The molecule has 1 saturated heterocycles. The van der Waals surface area contributed by atoms with E-state index >= 15 is 0 Å². The molecular weight excluding hydrogens is 735 g/mol. The third-order valence-electron chi connectivity index (χ3n) is 12.5. The molecule has 2 aliphatic heterocycles. The smallest absolute Gasteiger partial charge is 0.262 e. The highest BCUT2D eigenvalue weighted by molar-refractivity contribution is 6.23. The van der Waals surface area contributed by atoms with Crippen LogP contribution in [0.4, 0.5) is 0 Å². The third-order valence-corrected chi connectivity index (χ3v) is 12.5. The predicted octanol–water partition coefficient (Wildman–Crippen LogP) is 6.37. The highest BCUT2D eigenvalue weighted by Crippen LogP contribution is 2.73. The number of hydrogen-bond donors (Lipinski definition) is 1. The zero-order valence-electron chi connectivity index (χ0n) is 32.3. The molecule has 4 aliphatic carbocycles. The number of rotatable bonds is 12. The topological polar surface area (TPSA) is 134 Å². The minimum atomic E-state index is -0.846. The summed E-state index contributed by atoms with van der Waals surface area (Å²) in [4.78, 5) is 48.5. The van der Waals surface area contributed by atoms with E-state index in [1.165, 1.54) is 16.4 Å². The second-order valence-electron chi connectivity index (χ2n) is 16.6. The van der Waals surface area contributed by atoms with E-state index in [0.29, 0.717) is 43.4 Å². The van der Waals surface area contributed by atoms with Crippen molar-refractivity contribution in [3.8, 4) is 34.6 Å². The Morgan fingerprint density at radius 1 is 0.897 bits per heavy atom. The van der Waals surface area contributed by atoms with E-state index < -0.39 is 23.8 Å². The van der Waals surface area contributed by atoms with Gasteiger partial charge >= 0.3 is 0 Å². The van der Waals surface area contributed by atoms with Crippen LogP contribution in [0.1, 0.15) is 65.7 Å². The minimum absolute atomic E-state index is 0.0963. The number of piperidine rings is 1. The van der Waals surface area contributed by atoms with Crippen molar-refractivity contribution in [1.82, 2.24) is 24.8 Å². The molecule has 2 aromatic carbocycles. The zero-order chi connectivity index (χ0) is 39.6. The number of pyridine rings is 2. The number of ether oxygens (including phenoxy) is 4. The SMILES string of the molecule is C=C1CCC(N2C(=O)c3ccc(OCCOCC#CC45CC(COC6CC(Oc7ccc(-c8ccc9c%10cnccc%10n(C)c9c8)cn7)C6)(C4)C5)cc3C2=O)C(=O)N1. The van der Waals surface area contributed by atoms with Gasteiger partial charge in [0.25, 0.3) is 11.8 Å². The third kappa shape index (κ3) is 6.39. The molecule has 1 unspecified atom stereocenters. The van der Waals surface area contributed by atoms with Crippen LogP contribution in [-0.2, 0) is 21.3 Å². The van der Waals surface area contributed by atoms with Crippen molar-refractivity contribution in [1.29, 1.82) is 0 Å². The van der Waals surface area contributed by atoms with Gasteiger partial charge in [0.1, 0.15) is 31.1 Å². The first-order chi connectivity index (χ1) is 28.2. The number of nitrogens with one attached hydrogen (secondary N) is 1. The average molecular weight is 778 g/mol. The maximum atomic E-state index is 13.1. The van der Waals surface area contributed by atoms with E-state index in [0.717, 1.165) is 60.1 Å². The van der Waals surface area contributed by atoms with Gasteiger partial charge in [-0.1, -0.05) is 30.6 Å². The van der Waals surface area contributed by atoms with Crippen LogP contribution in [0.3, 0.4) is 0 Å². The standard InChI is InChI=1S/C46H43N5O7/c1-28-4-10-39(42(52)49-28)51-43(53)35-9-7-31(21-36(35)44(51)54)56-17-16-55-15-3-13-45-24-46(25-45,26-45)27-57-32-19-33(20-32)58-41-11-6-30(22-48-41)29-5-8-34-37-23-47-14-12-38(37)50(2)40(34)18-29/h5-9,11-12,14,18,21-23,32-33,39H,1,4,10,15-17,19-20,24-27H2,2H3,(H,49,52). The summed E-state index contributed by atoms with van der Waals surface area (Å²) in [5.74, 6) is 6.38. The van der Waals surface area contributed by atoms with Crippen molar-refractivity contribution in [3.05, 3.63) is 96.6 Å². The largest absolute Gasteiger partial charge is 0.491 e. The molecule has 5 aromatic rings. The first kappa shape index (κ1) is 36.3. The predicted molar refractivity (Wildman–Crippen MR) is 215 cm³/mol. The van der Waals surface area contributed by atoms with Gasteiger partial charge in [0.2, 0.25) is 11.8 Å². The number of aryl methyl sites for hydroxylation is 1. The number of allylic oxidation sites excluding steroid dienone is 1. The molecule has 5 fully saturated rings. The van der Waals surface area contributed by atoms with Crippen molar-refractivity contribution in [2.75, 3.05) is 26.4 Å². The van der Waals surface area contributed by atoms with Gasteiger partial charge in [-0.05, 0) is 79.5 Å². The van der Waals surface area contributed by atoms with Crippen LogP contribution in [0.5, 0.6) is 11.6 Å². The molecule has 11 rings (SSSR count). The molecule has 4 saturated carbocycles. The molecule has 6 aliphatic rings. The highest BCUT2D eigenvalue weighted by Gasteiger charge is 2.67. The van der Waals surface area contributed by atoms with E-state index in [2.05, 4.69) is 69.6 Å². The summed E-state index contributed by atoms with van der Waals surface area (Å²) in [6.07, 6.45) is 11.8. The number of imide groups is 1. The molecule has 58 heavy (non-hydrogen) atoms. The number of carbonyl (C=O) groups excluding carboxylic acids is 3. The van der Waals surface area contributed by atoms with Crippen LogP contribution in [0.2, 0.25) is 0 Å². The van der Waals surface area contributed by atoms with E-state index in [4.69, 9.17) is 18.9 Å². The van der Waals surface area contributed by atoms with Gasteiger partial charge in [0, 0.05) is 77.5 Å². The molecule has 294 valence electrons. The molecule has 0 radical (unpaired) electrons. The van der Waals surface area contributed by atoms with Crippen LogP contribution in [0.25, 0.3) is 32.9 Å². The van der Waals surface area contributed by atoms with Crippen molar-refractivity contribution in [3.63, 3.8) is 0 Å². The molecular formula is C46H43N5O7. The lowest BCUT2D eigenvalue weighted by molar-refractivity contribution is -0.216. The van der Waals surface area contributed by atoms with E-state index in [1.54, 1.807) is 18.2 Å². The Hall–Kier alpha value is -6.03. The van der Waals surface area contributed by atoms with Gasteiger partial charge in [-0.25, -0.2) is 4.98 Å². The first-order valence-corrected chi connectivity index (χ1v) is 19.9. The highest BCUT2D eigenvalue weighted by atomic mass is 16.5. The molecule has 3 aromatic heterocycles. The number of aromatic nitrogens is 3. The fourth-order valence-corrected chi connectivity index (χ4v) is 9.54. The maximum absolute atomic E-state index is 13.1. The van der Waals surface area contributed by atoms with E-state index in [9.17, 15) is 14.4 Å². The molecule has 0 spiro atoms. The van der Waals surface area contributed by atoms with Gasteiger partial charge in [-0.3, -0.25) is 24.3 Å². The number of carbonyl (C=O) groups is 3. The lowest BCUT2D eigenvalue weighted by atomic mass is 9.36. The lowest BCUT2D eigenvalue weighted by Gasteiger charge is -2.68. The summed E-state index contributed by atoms with van der Waals surface area (Å²) in [6, 6.07) is 16.5. The van der Waals surface area contributed by atoms with Crippen LogP contribution in [-0.4, -0.2) is 81.8 Å². The number of hydrogen-bond acceptors (Lipinski definition) is 9. The Kier molecular flexibility index (Phi) is 8.84. The van der Waals surface area contributed by atoms with Crippen LogP contribution in [0, 0.1) is 22.7 Å². The van der Waals surface area contributed by atoms with E-state index in [-0.39, 0.29) is 40.8 Å². The Morgan fingerprint density at radius 2 is 1.72 bits per heavy atom. The minimum Gasteiger partial charge on any atom is -0.491 e. The summed E-state index contributed by atoms with van der Waals surface area (Å²) in [5.41, 5.74) is 5.94. The first-order valence-electron chi connectivity index (χ1n) is 19.9. The molecule has 1 N–H and O–H groups in total. The molecule has 12 nitrogen and oxygen atoms in total. The number of nitrogens with zero attached hydrogens (tertiary/aromatic N) is 4. The Morgan fingerprint density at radius 3 is 2.53 bits per heavy atom. The second-order valence-corrected chi connectivity index (χ2v) is 16.6. The van der Waals surface area contributed by atoms with Crippen LogP contribution in [0.15, 0.2) is 85.5 Å². The maximum Gasteiger partial charge on any atom is 0.262 e. The molecule has 2 bridgehead atoms. The quantitative estimate of drug-likeness (QED) is 0.0872. The summed E-state index contributed by atoms with van der Waals surface area (Å²) >= 11 is 0. The number of benzene rings is 2. The number of fused-ring (bicyclic) bond motifs is 4. The normalized spacial score (nSPS) is 25.7. The number of amides is 3. The van der Waals surface area contributed by atoms with Crippen molar-refractivity contribution in [2.24, 2.45) is 17.9 Å². The van der Waals surface area contributed by atoms with Gasteiger partial charge in [-0.2, -0.15) is 0 Å². The van der Waals surface area contributed by atoms with Crippen molar-refractivity contribution >= 4 is 39.5 Å². The monoisotopic (exact) mass is 777 g/mol. The summed E-state index contributed by atoms with van der Waals surface area (Å²) in [5, 5.41) is 4.99. The summed E-state index contributed by atoms with van der Waals surface area (Å²) in [6.45, 7) is 5.45. The summed E-state index contributed by atoms with van der Waals surface area (Å²) in [7, 11) is 2.09. The van der Waals surface area contributed by atoms with Crippen LogP contribution >= 0.6 is 0 Å². The zero-order valence-corrected chi connectivity index (χ0v) is 32.3. The molecule has 12 heteroatoms. The lowest BCUT2D eigenvalue weighted by Crippen LogP contribution is -2.63. The Labute approximate surface area is 335 Å². The fourth-order valence-electron chi connectivity index (χ4n) is 9.54. The summed E-state index contributed by atoms with van der Waals surface area (Å²) < 4.78 is 26.2. The van der Waals surface area contributed by atoms with Gasteiger partial charge in [0.15, 0.2) is 0 Å². The molecule has 5 heterocycles. The van der Waals surface area contributed by atoms with Crippen molar-refractivity contribution < 1.29 is 33.3 Å². The van der Waals surface area contributed by atoms with E-state index in [1.807, 2.05) is 30.7 Å². The Balaban J connectivity index is 0.614. The molecule has 3 amide bonds. The van der Waals surface area contributed by atoms with Gasteiger partial charge in [-0.15, -0.1) is 0 Å². The second kappa shape index (κ2) is 14.1. The fraction of sp³-hybridized carbons (Fsp3) is 0.370. The van der Waals surface area contributed by atoms with Crippen LogP contribution < -0.4 is 14.8 Å². The molecule has 1 atom stereocenters. The van der Waals surface area contributed by atoms with Gasteiger partial charge in [0.05, 0.1) is 36.0 Å². The Bertz CT molecular complexity index is 2560. The van der Waals surface area contributed by atoms with Crippen molar-refractivity contribution in [2.45, 2.75) is 63.2 Å².